The molecule has 0 radical (unpaired) electrons. The molecule has 4 nitrogen and oxygen atoms in total. The number of aryl methyl sites for hydroxylation is 1. The van der Waals surface area contributed by atoms with Gasteiger partial charge in [-0.2, -0.15) is 5.10 Å². The lowest BCUT2D eigenvalue weighted by Crippen LogP contribution is -2.13. The zero-order valence-corrected chi connectivity index (χ0v) is 11.2. The highest BCUT2D eigenvalue weighted by Crippen LogP contribution is 2.23. The quantitative estimate of drug-likeness (QED) is 0.906. The Morgan fingerprint density at radius 1 is 1.39 bits per heavy atom. The van der Waals surface area contributed by atoms with Crippen LogP contribution in [0.15, 0.2) is 24.4 Å². The third-order valence-electron chi connectivity index (χ3n) is 3.00. The highest BCUT2D eigenvalue weighted by molar-refractivity contribution is 6.31. The van der Waals surface area contributed by atoms with E-state index in [9.17, 15) is 4.79 Å². The van der Waals surface area contributed by atoms with Gasteiger partial charge in [-0.15, -0.1) is 0 Å². The van der Waals surface area contributed by atoms with Crippen molar-refractivity contribution in [2.45, 2.75) is 13.8 Å². The number of hydrogen-bond donors (Lipinski definition) is 1. The van der Waals surface area contributed by atoms with E-state index in [4.69, 9.17) is 11.6 Å². The number of hydrogen-bond acceptors (Lipinski definition) is 2. The minimum absolute atomic E-state index is 0.175. The van der Waals surface area contributed by atoms with Crippen LogP contribution in [0.4, 0.5) is 5.69 Å². The number of amides is 1. The monoisotopic (exact) mass is 263 g/mol. The van der Waals surface area contributed by atoms with Crippen LogP contribution in [0.5, 0.6) is 0 Å². The van der Waals surface area contributed by atoms with Gasteiger partial charge in [0, 0.05) is 23.5 Å². The highest BCUT2D eigenvalue weighted by atomic mass is 35.5. The van der Waals surface area contributed by atoms with Gasteiger partial charge >= 0.3 is 0 Å². The molecule has 0 saturated carbocycles. The van der Waals surface area contributed by atoms with Crippen LogP contribution in [0.3, 0.4) is 0 Å². The summed E-state index contributed by atoms with van der Waals surface area (Å²) >= 11 is 6.01. The molecule has 1 heterocycles. The average Bonchev–Trinajstić information content (AvgIpc) is 2.66. The number of nitrogens with zero attached hydrogens (tertiary/aromatic N) is 2. The molecule has 18 heavy (non-hydrogen) atoms. The normalized spacial score (nSPS) is 10.4. The molecule has 0 saturated heterocycles. The second kappa shape index (κ2) is 4.82. The van der Waals surface area contributed by atoms with Crippen LogP contribution >= 0.6 is 11.6 Å². The van der Waals surface area contributed by atoms with Crippen LogP contribution < -0.4 is 5.32 Å². The number of halogens is 1. The molecule has 2 aromatic rings. The van der Waals surface area contributed by atoms with Crippen molar-refractivity contribution < 1.29 is 4.79 Å². The van der Waals surface area contributed by atoms with Gasteiger partial charge in [-0.1, -0.05) is 17.7 Å². The number of rotatable bonds is 2. The van der Waals surface area contributed by atoms with E-state index in [0.29, 0.717) is 10.6 Å². The van der Waals surface area contributed by atoms with Gasteiger partial charge in [-0.25, -0.2) is 0 Å². The molecule has 1 aromatic carbocycles. The fourth-order valence-corrected chi connectivity index (χ4v) is 1.83. The minimum Gasteiger partial charge on any atom is -0.322 e. The van der Waals surface area contributed by atoms with Gasteiger partial charge in [0.25, 0.3) is 5.91 Å². The Bertz CT molecular complexity index is 604. The summed E-state index contributed by atoms with van der Waals surface area (Å²) in [6.07, 6.45) is 1.56. The molecule has 2 rings (SSSR count). The van der Waals surface area contributed by atoms with Gasteiger partial charge in [-0.05, 0) is 31.5 Å². The Morgan fingerprint density at radius 2 is 2.11 bits per heavy atom. The Balaban J connectivity index is 2.27. The van der Waals surface area contributed by atoms with E-state index in [2.05, 4.69) is 10.4 Å². The van der Waals surface area contributed by atoms with Crippen molar-refractivity contribution >= 4 is 23.2 Å². The molecule has 1 amide bonds. The lowest BCUT2D eigenvalue weighted by atomic mass is 10.2. The molecule has 1 aromatic heterocycles. The molecular formula is C13H14ClN3O. The van der Waals surface area contributed by atoms with E-state index in [1.165, 1.54) is 0 Å². The van der Waals surface area contributed by atoms with Gasteiger partial charge in [0.1, 0.15) is 0 Å². The maximum atomic E-state index is 12.1. The van der Waals surface area contributed by atoms with Crippen molar-refractivity contribution in [2.75, 3.05) is 5.32 Å². The summed E-state index contributed by atoms with van der Waals surface area (Å²) in [5.74, 6) is -0.175. The summed E-state index contributed by atoms with van der Waals surface area (Å²) in [4.78, 5) is 12.1. The summed E-state index contributed by atoms with van der Waals surface area (Å²) in [6, 6.07) is 5.42. The molecule has 0 aliphatic carbocycles. The summed E-state index contributed by atoms with van der Waals surface area (Å²) in [5.41, 5.74) is 2.97. The molecule has 0 bridgehead atoms. The van der Waals surface area contributed by atoms with Gasteiger partial charge in [0.15, 0.2) is 0 Å². The van der Waals surface area contributed by atoms with E-state index in [1.54, 1.807) is 30.1 Å². The van der Waals surface area contributed by atoms with Crippen LogP contribution in [-0.2, 0) is 7.05 Å². The molecule has 94 valence electrons. The summed E-state index contributed by atoms with van der Waals surface area (Å²) in [5, 5.41) is 7.53. The SMILES string of the molecule is Cc1c(Cl)cccc1NC(=O)c1cnn(C)c1C. The van der Waals surface area contributed by atoms with Crippen LogP contribution in [-0.4, -0.2) is 15.7 Å². The first-order valence-electron chi connectivity index (χ1n) is 5.55. The van der Waals surface area contributed by atoms with Crippen molar-refractivity contribution in [3.63, 3.8) is 0 Å². The summed E-state index contributed by atoms with van der Waals surface area (Å²) in [7, 11) is 1.80. The lowest BCUT2D eigenvalue weighted by Gasteiger charge is -2.09. The Kier molecular flexibility index (Phi) is 3.39. The molecule has 0 aliphatic rings. The first kappa shape index (κ1) is 12.6. The minimum atomic E-state index is -0.175. The second-order valence-corrected chi connectivity index (χ2v) is 4.54. The third kappa shape index (κ3) is 2.24. The number of benzene rings is 1. The van der Waals surface area contributed by atoms with Crippen molar-refractivity contribution in [3.05, 3.63) is 46.2 Å². The Morgan fingerprint density at radius 3 is 2.72 bits per heavy atom. The highest BCUT2D eigenvalue weighted by Gasteiger charge is 2.14. The summed E-state index contributed by atoms with van der Waals surface area (Å²) < 4.78 is 1.67. The third-order valence-corrected chi connectivity index (χ3v) is 3.41. The van der Waals surface area contributed by atoms with Crippen LogP contribution in [0, 0.1) is 13.8 Å². The molecular weight excluding hydrogens is 250 g/mol. The van der Waals surface area contributed by atoms with E-state index in [-0.39, 0.29) is 5.91 Å². The van der Waals surface area contributed by atoms with Crippen LogP contribution in [0.25, 0.3) is 0 Å². The molecule has 0 unspecified atom stereocenters. The van der Waals surface area contributed by atoms with E-state index in [0.717, 1.165) is 16.9 Å². The number of anilines is 1. The van der Waals surface area contributed by atoms with Gasteiger partial charge < -0.3 is 5.32 Å². The van der Waals surface area contributed by atoms with Gasteiger partial charge in [0.05, 0.1) is 11.8 Å². The van der Waals surface area contributed by atoms with E-state index < -0.39 is 0 Å². The number of nitrogens with one attached hydrogen (secondary N) is 1. The topological polar surface area (TPSA) is 46.9 Å². The van der Waals surface area contributed by atoms with Gasteiger partial charge in [0.2, 0.25) is 0 Å². The molecule has 0 aliphatic heterocycles. The van der Waals surface area contributed by atoms with Crippen LogP contribution in [0.1, 0.15) is 21.6 Å². The smallest absolute Gasteiger partial charge is 0.259 e. The lowest BCUT2D eigenvalue weighted by molar-refractivity contribution is 0.102. The number of carbonyl (C=O) groups is 1. The molecule has 5 heteroatoms. The van der Waals surface area contributed by atoms with Crippen molar-refractivity contribution in [1.82, 2.24) is 9.78 Å². The molecule has 0 spiro atoms. The first-order valence-corrected chi connectivity index (χ1v) is 5.93. The van der Waals surface area contributed by atoms with Crippen LogP contribution in [0.2, 0.25) is 5.02 Å². The summed E-state index contributed by atoms with van der Waals surface area (Å²) in [6.45, 7) is 3.72. The van der Waals surface area contributed by atoms with Gasteiger partial charge in [-0.3, -0.25) is 9.48 Å². The standard InChI is InChI=1S/C13H14ClN3O/c1-8-11(14)5-4-6-12(8)16-13(18)10-7-15-17(3)9(10)2/h4-7H,1-3H3,(H,16,18). The Labute approximate surface area is 111 Å². The largest absolute Gasteiger partial charge is 0.322 e. The maximum absolute atomic E-state index is 12.1. The fraction of sp³-hybridized carbons (Fsp3) is 0.231. The van der Waals surface area contributed by atoms with E-state index >= 15 is 0 Å². The number of carbonyl (C=O) groups excluding carboxylic acids is 1. The zero-order valence-electron chi connectivity index (χ0n) is 10.5. The number of aromatic nitrogens is 2. The van der Waals surface area contributed by atoms with Crippen molar-refractivity contribution in [3.8, 4) is 0 Å². The van der Waals surface area contributed by atoms with Crippen molar-refractivity contribution in [2.24, 2.45) is 7.05 Å². The van der Waals surface area contributed by atoms with Crippen molar-refractivity contribution in [1.29, 1.82) is 0 Å². The maximum Gasteiger partial charge on any atom is 0.259 e. The average molecular weight is 264 g/mol. The molecule has 0 atom stereocenters. The van der Waals surface area contributed by atoms with E-state index in [1.807, 2.05) is 19.9 Å². The fourth-order valence-electron chi connectivity index (χ4n) is 1.65. The first-order chi connectivity index (χ1) is 8.50. The Hall–Kier alpha value is -1.81. The molecule has 1 N–H and O–H groups in total. The molecule has 0 fully saturated rings. The second-order valence-electron chi connectivity index (χ2n) is 4.13. The predicted octanol–water partition coefficient (Wildman–Crippen LogP) is 2.94. The zero-order chi connectivity index (χ0) is 13.3. The predicted molar refractivity (Wildman–Crippen MR) is 72.1 cm³/mol.